The summed E-state index contributed by atoms with van der Waals surface area (Å²) < 4.78 is 6.85. The number of halogens is 1. The fourth-order valence-corrected chi connectivity index (χ4v) is 2.73. The smallest absolute Gasteiger partial charge is 0.0726 e. The summed E-state index contributed by atoms with van der Waals surface area (Å²) in [5.41, 5.74) is 8.22. The molecule has 0 amide bonds. The predicted octanol–water partition coefficient (Wildman–Crippen LogP) is 2.52. The van der Waals surface area contributed by atoms with Crippen LogP contribution >= 0.6 is 15.9 Å². The largest absolute Gasteiger partial charge is 0.372 e. The van der Waals surface area contributed by atoms with Gasteiger partial charge in [0, 0.05) is 29.8 Å². The topological polar surface area (TPSA) is 38.5 Å². The molecule has 1 aromatic carbocycles. The second-order valence-corrected chi connectivity index (χ2v) is 5.56. The van der Waals surface area contributed by atoms with Crippen LogP contribution in [0.2, 0.25) is 0 Å². The minimum absolute atomic E-state index is 0.267. The molecule has 94 valence electrons. The molecular formula is C13H19BrN2O. The van der Waals surface area contributed by atoms with Crippen molar-refractivity contribution < 1.29 is 4.74 Å². The molecule has 0 spiro atoms. The third-order valence-corrected chi connectivity index (χ3v) is 3.52. The third-order valence-electron chi connectivity index (χ3n) is 3.03. The van der Waals surface area contributed by atoms with Gasteiger partial charge in [-0.2, -0.15) is 0 Å². The van der Waals surface area contributed by atoms with Crippen molar-refractivity contribution in [3.05, 3.63) is 28.2 Å². The zero-order chi connectivity index (χ0) is 12.4. The number of benzene rings is 1. The molecule has 1 fully saturated rings. The van der Waals surface area contributed by atoms with E-state index in [1.54, 1.807) is 0 Å². The van der Waals surface area contributed by atoms with Gasteiger partial charge in [0.25, 0.3) is 0 Å². The molecular weight excluding hydrogens is 280 g/mol. The maximum Gasteiger partial charge on any atom is 0.0726 e. The van der Waals surface area contributed by atoms with E-state index < -0.39 is 0 Å². The molecule has 1 saturated heterocycles. The molecule has 1 aliphatic rings. The first-order valence-electron chi connectivity index (χ1n) is 5.99. The average Bonchev–Trinajstić information content (AvgIpc) is 2.27. The molecule has 1 aromatic rings. The normalized spacial score (nSPS) is 25.1. The Morgan fingerprint density at radius 1 is 1.35 bits per heavy atom. The van der Waals surface area contributed by atoms with Crippen molar-refractivity contribution in [2.24, 2.45) is 5.73 Å². The molecule has 1 aliphatic heterocycles. The van der Waals surface area contributed by atoms with Gasteiger partial charge in [0.1, 0.15) is 0 Å². The van der Waals surface area contributed by atoms with E-state index in [-0.39, 0.29) is 12.2 Å². The lowest BCUT2D eigenvalue weighted by molar-refractivity contribution is -0.00526. The number of nitrogens with zero attached hydrogens (tertiary/aromatic N) is 1. The Bertz CT molecular complexity index is 387. The highest BCUT2D eigenvalue weighted by molar-refractivity contribution is 9.10. The van der Waals surface area contributed by atoms with Gasteiger partial charge in [0.2, 0.25) is 0 Å². The van der Waals surface area contributed by atoms with E-state index in [1.165, 1.54) is 11.3 Å². The number of morpholine rings is 1. The van der Waals surface area contributed by atoms with Crippen LogP contribution in [-0.2, 0) is 11.3 Å². The molecule has 17 heavy (non-hydrogen) atoms. The SMILES string of the molecule is CC1CN(c2cc(Br)ccc2CN)CC(C)O1. The van der Waals surface area contributed by atoms with E-state index in [0.717, 1.165) is 17.6 Å². The zero-order valence-electron chi connectivity index (χ0n) is 10.3. The van der Waals surface area contributed by atoms with Crippen molar-refractivity contribution in [3.8, 4) is 0 Å². The van der Waals surface area contributed by atoms with Gasteiger partial charge in [-0.15, -0.1) is 0 Å². The minimum atomic E-state index is 0.267. The summed E-state index contributed by atoms with van der Waals surface area (Å²) in [4.78, 5) is 2.37. The van der Waals surface area contributed by atoms with Crippen LogP contribution in [0.5, 0.6) is 0 Å². The molecule has 0 radical (unpaired) electrons. The van der Waals surface area contributed by atoms with Crippen LogP contribution in [0.3, 0.4) is 0 Å². The van der Waals surface area contributed by atoms with Crippen molar-refractivity contribution in [1.82, 2.24) is 0 Å². The Kier molecular flexibility index (Phi) is 4.07. The summed E-state index contributed by atoms with van der Waals surface area (Å²) >= 11 is 3.52. The van der Waals surface area contributed by atoms with E-state index in [4.69, 9.17) is 10.5 Å². The molecule has 4 heteroatoms. The van der Waals surface area contributed by atoms with E-state index in [1.807, 2.05) is 6.07 Å². The van der Waals surface area contributed by atoms with Gasteiger partial charge < -0.3 is 15.4 Å². The summed E-state index contributed by atoms with van der Waals surface area (Å²) in [5, 5.41) is 0. The molecule has 3 nitrogen and oxygen atoms in total. The Morgan fingerprint density at radius 2 is 2.00 bits per heavy atom. The molecule has 2 N–H and O–H groups in total. The molecule has 0 bridgehead atoms. The highest BCUT2D eigenvalue weighted by Gasteiger charge is 2.23. The molecule has 1 heterocycles. The van der Waals surface area contributed by atoms with Gasteiger partial charge in [0.05, 0.1) is 12.2 Å². The Balaban J connectivity index is 2.28. The van der Waals surface area contributed by atoms with Crippen molar-refractivity contribution in [3.63, 3.8) is 0 Å². The van der Waals surface area contributed by atoms with Crippen LogP contribution < -0.4 is 10.6 Å². The van der Waals surface area contributed by atoms with Crippen molar-refractivity contribution in [2.75, 3.05) is 18.0 Å². The van der Waals surface area contributed by atoms with E-state index >= 15 is 0 Å². The van der Waals surface area contributed by atoms with Crippen molar-refractivity contribution in [2.45, 2.75) is 32.6 Å². The van der Waals surface area contributed by atoms with Crippen LogP contribution in [0.15, 0.2) is 22.7 Å². The minimum Gasteiger partial charge on any atom is -0.372 e. The van der Waals surface area contributed by atoms with Crippen molar-refractivity contribution >= 4 is 21.6 Å². The monoisotopic (exact) mass is 298 g/mol. The van der Waals surface area contributed by atoms with Gasteiger partial charge >= 0.3 is 0 Å². The summed E-state index contributed by atoms with van der Waals surface area (Å²) in [6, 6.07) is 6.27. The number of hydrogen-bond acceptors (Lipinski definition) is 3. The first-order valence-corrected chi connectivity index (χ1v) is 6.78. The summed E-state index contributed by atoms with van der Waals surface area (Å²) in [6.45, 7) is 6.65. The van der Waals surface area contributed by atoms with Gasteiger partial charge in [-0.1, -0.05) is 22.0 Å². The molecule has 0 aromatic heterocycles. The fraction of sp³-hybridized carbons (Fsp3) is 0.538. The highest BCUT2D eigenvalue weighted by Crippen LogP contribution is 2.27. The van der Waals surface area contributed by atoms with Crippen LogP contribution in [-0.4, -0.2) is 25.3 Å². The maximum absolute atomic E-state index is 5.80. The van der Waals surface area contributed by atoms with Crippen LogP contribution in [0.25, 0.3) is 0 Å². The van der Waals surface area contributed by atoms with Gasteiger partial charge in [-0.25, -0.2) is 0 Å². The van der Waals surface area contributed by atoms with Crippen LogP contribution in [0, 0.1) is 0 Å². The molecule has 2 rings (SSSR count). The van der Waals surface area contributed by atoms with Gasteiger partial charge in [0.15, 0.2) is 0 Å². The molecule has 0 saturated carbocycles. The van der Waals surface area contributed by atoms with Gasteiger partial charge in [-0.05, 0) is 31.5 Å². The first kappa shape index (κ1) is 12.9. The number of anilines is 1. The van der Waals surface area contributed by atoms with E-state index in [9.17, 15) is 0 Å². The van der Waals surface area contributed by atoms with Crippen LogP contribution in [0.1, 0.15) is 19.4 Å². The number of hydrogen-bond donors (Lipinski definition) is 1. The lowest BCUT2D eigenvalue weighted by Gasteiger charge is -2.37. The second-order valence-electron chi connectivity index (χ2n) is 4.64. The third kappa shape index (κ3) is 3.00. The fourth-order valence-electron chi connectivity index (χ4n) is 2.38. The second kappa shape index (κ2) is 5.38. The Morgan fingerprint density at radius 3 is 2.59 bits per heavy atom. The molecule has 2 unspecified atom stereocenters. The Hall–Kier alpha value is -0.580. The van der Waals surface area contributed by atoms with Crippen LogP contribution in [0.4, 0.5) is 5.69 Å². The number of nitrogens with two attached hydrogens (primary N) is 1. The number of ether oxygens (including phenoxy) is 1. The first-order chi connectivity index (χ1) is 8.10. The van der Waals surface area contributed by atoms with Gasteiger partial charge in [-0.3, -0.25) is 0 Å². The maximum atomic E-state index is 5.80. The van der Waals surface area contributed by atoms with Crippen molar-refractivity contribution in [1.29, 1.82) is 0 Å². The molecule has 2 atom stereocenters. The van der Waals surface area contributed by atoms with E-state index in [0.29, 0.717) is 6.54 Å². The molecule has 0 aliphatic carbocycles. The van der Waals surface area contributed by atoms with E-state index in [2.05, 4.69) is 46.8 Å². The summed E-state index contributed by atoms with van der Waals surface area (Å²) in [7, 11) is 0. The Labute approximate surface area is 111 Å². The average molecular weight is 299 g/mol. The zero-order valence-corrected chi connectivity index (χ0v) is 11.9. The predicted molar refractivity (Wildman–Crippen MR) is 74.3 cm³/mol. The number of rotatable bonds is 2. The quantitative estimate of drug-likeness (QED) is 0.912. The summed E-state index contributed by atoms with van der Waals surface area (Å²) in [5.74, 6) is 0. The lowest BCUT2D eigenvalue weighted by atomic mass is 10.1. The standard InChI is InChI=1S/C13H19BrN2O/c1-9-7-16(8-10(2)17-9)13-5-12(14)4-3-11(13)6-15/h3-5,9-10H,6-8,15H2,1-2H3. The summed E-state index contributed by atoms with van der Waals surface area (Å²) in [6.07, 6.45) is 0.534. The highest BCUT2D eigenvalue weighted by atomic mass is 79.9. The lowest BCUT2D eigenvalue weighted by Crippen LogP contribution is -2.45.